The van der Waals surface area contributed by atoms with E-state index in [9.17, 15) is 13.2 Å². The fraction of sp³-hybridized carbons (Fsp3) is 0.435. The molecule has 0 unspecified atom stereocenters. The van der Waals surface area contributed by atoms with Gasteiger partial charge in [0.2, 0.25) is 15.9 Å². The van der Waals surface area contributed by atoms with Gasteiger partial charge in [0.15, 0.2) is 0 Å². The van der Waals surface area contributed by atoms with E-state index in [4.69, 9.17) is 0 Å². The number of rotatable bonds is 8. The first-order valence-corrected chi connectivity index (χ1v) is 12.2. The van der Waals surface area contributed by atoms with Gasteiger partial charge in [-0.25, -0.2) is 8.42 Å². The molecule has 0 spiro atoms. The number of likely N-dealkylation sites (tertiary alicyclic amines) is 1. The van der Waals surface area contributed by atoms with E-state index in [0.717, 1.165) is 42.6 Å². The molecule has 1 N–H and O–H groups in total. The van der Waals surface area contributed by atoms with Crippen molar-refractivity contribution in [2.75, 3.05) is 30.2 Å². The quantitative estimate of drug-likeness (QED) is 0.700. The molecule has 0 aliphatic carbocycles. The van der Waals surface area contributed by atoms with Crippen LogP contribution in [0.2, 0.25) is 0 Å². The molecular formula is C23H31N3O3S. The van der Waals surface area contributed by atoms with Crippen LogP contribution in [0.5, 0.6) is 0 Å². The highest BCUT2D eigenvalue weighted by Crippen LogP contribution is 2.23. The molecule has 7 heteroatoms. The summed E-state index contributed by atoms with van der Waals surface area (Å²) in [6.45, 7) is 7.14. The third kappa shape index (κ3) is 6.06. The zero-order valence-corrected chi connectivity index (χ0v) is 18.8. The highest BCUT2D eigenvalue weighted by Gasteiger charge is 2.22. The normalized spacial score (nSPS) is 14.6. The Hall–Kier alpha value is -2.38. The van der Waals surface area contributed by atoms with Crippen molar-refractivity contribution in [1.29, 1.82) is 0 Å². The molecule has 0 aromatic heterocycles. The summed E-state index contributed by atoms with van der Waals surface area (Å²) in [5.41, 5.74) is 4.64. The molecule has 1 saturated heterocycles. The zero-order valence-electron chi connectivity index (χ0n) is 18.0. The molecule has 162 valence electrons. The molecule has 2 aromatic carbocycles. The van der Waals surface area contributed by atoms with E-state index in [1.54, 1.807) is 6.07 Å². The number of sulfonamides is 1. The van der Waals surface area contributed by atoms with Gasteiger partial charge in [-0.3, -0.25) is 14.0 Å². The van der Waals surface area contributed by atoms with Crippen LogP contribution in [-0.4, -0.2) is 45.1 Å². The summed E-state index contributed by atoms with van der Waals surface area (Å²) in [7, 11) is -3.58. The second kappa shape index (κ2) is 9.62. The highest BCUT2D eigenvalue weighted by atomic mass is 32.2. The molecule has 0 radical (unpaired) electrons. The standard InChI is InChI=1S/C23H31N3O3S/c1-18-9-10-22(19(2)13-18)26(30(3,28)29)17-23(27)24-15-20-7-6-8-21(14-20)16-25-11-4-5-12-25/h6-10,13-14H,4-5,11-12,15-17H2,1-3H3,(H,24,27). The van der Waals surface area contributed by atoms with Crippen LogP contribution in [0.25, 0.3) is 0 Å². The van der Waals surface area contributed by atoms with Crippen LogP contribution in [0.15, 0.2) is 42.5 Å². The third-order valence-electron chi connectivity index (χ3n) is 5.39. The Morgan fingerprint density at radius 3 is 2.43 bits per heavy atom. The molecular weight excluding hydrogens is 398 g/mol. The van der Waals surface area contributed by atoms with Crippen LogP contribution in [0.4, 0.5) is 5.69 Å². The summed E-state index contributed by atoms with van der Waals surface area (Å²) in [4.78, 5) is 15.0. The number of carbonyl (C=O) groups is 1. The lowest BCUT2D eigenvalue weighted by Gasteiger charge is -2.24. The minimum absolute atomic E-state index is 0.240. The van der Waals surface area contributed by atoms with Gasteiger partial charge in [0.25, 0.3) is 0 Å². The van der Waals surface area contributed by atoms with Crippen LogP contribution >= 0.6 is 0 Å². The smallest absolute Gasteiger partial charge is 0.241 e. The lowest BCUT2D eigenvalue weighted by atomic mass is 10.1. The van der Waals surface area contributed by atoms with E-state index in [1.165, 1.54) is 22.7 Å². The van der Waals surface area contributed by atoms with Gasteiger partial charge in [-0.2, -0.15) is 0 Å². The third-order valence-corrected chi connectivity index (χ3v) is 6.52. The van der Waals surface area contributed by atoms with Crippen molar-refractivity contribution in [1.82, 2.24) is 10.2 Å². The Kier molecular flexibility index (Phi) is 7.15. The van der Waals surface area contributed by atoms with E-state index >= 15 is 0 Å². The van der Waals surface area contributed by atoms with Gasteiger partial charge in [0.05, 0.1) is 11.9 Å². The molecule has 1 amide bonds. The molecule has 1 aliphatic heterocycles. The topological polar surface area (TPSA) is 69.7 Å². The fourth-order valence-electron chi connectivity index (χ4n) is 3.89. The van der Waals surface area contributed by atoms with E-state index in [2.05, 4.69) is 22.3 Å². The molecule has 30 heavy (non-hydrogen) atoms. The number of nitrogens with one attached hydrogen (secondary N) is 1. The SMILES string of the molecule is Cc1ccc(N(CC(=O)NCc2cccc(CN3CCCC3)c2)S(C)(=O)=O)c(C)c1. The summed E-state index contributed by atoms with van der Waals surface area (Å²) in [6.07, 6.45) is 3.64. The van der Waals surface area contributed by atoms with E-state index in [0.29, 0.717) is 12.2 Å². The Morgan fingerprint density at radius 2 is 1.77 bits per heavy atom. The van der Waals surface area contributed by atoms with Gasteiger partial charge in [0.1, 0.15) is 6.54 Å². The predicted molar refractivity (Wildman–Crippen MR) is 121 cm³/mol. The van der Waals surface area contributed by atoms with Crippen LogP contribution in [0.1, 0.15) is 35.1 Å². The Bertz CT molecular complexity index is 999. The van der Waals surface area contributed by atoms with E-state index in [1.807, 2.05) is 38.1 Å². The zero-order chi connectivity index (χ0) is 21.7. The maximum Gasteiger partial charge on any atom is 0.241 e. The molecule has 0 saturated carbocycles. The summed E-state index contributed by atoms with van der Waals surface area (Å²) in [6, 6.07) is 13.7. The van der Waals surface area contributed by atoms with Crippen LogP contribution < -0.4 is 9.62 Å². The molecule has 2 aromatic rings. The molecule has 1 heterocycles. The first-order chi connectivity index (χ1) is 14.2. The lowest BCUT2D eigenvalue weighted by molar-refractivity contribution is -0.119. The highest BCUT2D eigenvalue weighted by molar-refractivity contribution is 7.92. The van der Waals surface area contributed by atoms with Gasteiger partial charge in [-0.1, -0.05) is 42.0 Å². The summed E-state index contributed by atoms with van der Waals surface area (Å²) >= 11 is 0. The second-order valence-electron chi connectivity index (χ2n) is 8.14. The van der Waals surface area contributed by atoms with Gasteiger partial charge >= 0.3 is 0 Å². The Balaban J connectivity index is 1.63. The number of amides is 1. The fourth-order valence-corrected chi connectivity index (χ4v) is 4.80. The van der Waals surface area contributed by atoms with Crippen molar-refractivity contribution < 1.29 is 13.2 Å². The maximum absolute atomic E-state index is 12.6. The number of benzene rings is 2. The van der Waals surface area contributed by atoms with Crippen molar-refractivity contribution in [3.05, 3.63) is 64.7 Å². The average Bonchev–Trinajstić information content (AvgIpc) is 3.17. The van der Waals surface area contributed by atoms with E-state index in [-0.39, 0.29) is 12.5 Å². The number of anilines is 1. The summed E-state index contributed by atoms with van der Waals surface area (Å²) < 4.78 is 25.8. The number of hydrogen-bond donors (Lipinski definition) is 1. The van der Waals surface area contributed by atoms with Gasteiger partial charge < -0.3 is 5.32 Å². The first kappa shape index (κ1) is 22.3. The van der Waals surface area contributed by atoms with Gasteiger partial charge in [-0.05, 0) is 62.5 Å². The minimum Gasteiger partial charge on any atom is -0.350 e. The predicted octanol–water partition coefficient (Wildman–Crippen LogP) is 2.98. The van der Waals surface area contributed by atoms with Crippen molar-refractivity contribution in [3.63, 3.8) is 0 Å². The number of hydrogen-bond acceptors (Lipinski definition) is 4. The largest absolute Gasteiger partial charge is 0.350 e. The monoisotopic (exact) mass is 429 g/mol. The molecule has 3 rings (SSSR count). The Labute approximate surface area is 179 Å². The van der Waals surface area contributed by atoms with Crippen LogP contribution in [0, 0.1) is 13.8 Å². The van der Waals surface area contributed by atoms with Gasteiger partial charge in [0, 0.05) is 13.1 Å². The van der Waals surface area contributed by atoms with Crippen molar-refractivity contribution in [2.24, 2.45) is 0 Å². The summed E-state index contributed by atoms with van der Waals surface area (Å²) in [5, 5.41) is 2.86. The van der Waals surface area contributed by atoms with Crippen LogP contribution in [-0.2, 0) is 27.9 Å². The van der Waals surface area contributed by atoms with Crippen LogP contribution in [0.3, 0.4) is 0 Å². The minimum atomic E-state index is -3.58. The molecule has 1 fully saturated rings. The van der Waals surface area contributed by atoms with Crippen molar-refractivity contribution in [2.45, 2.75) is 39.8 Å². The lowest BCUT2D eigenvalue weighted by Crippen LogP contribution is -2.40. The molecule has 0 bridgehead atoms. The number of nitrogens with zero attached hydrogens (tertiary/aromatic N) is 2. The molecule has 6 nitrogen and oxygen atoms in total. The van der Waals surface area contributed by atoms with Crippen molar-refractivity contribution >= 4 is 21.6 Å². The van der Waals surface area contributed by atoms with Gasteiger partial charge in [-0.15, -0.1) is 0 Å². The molecule has 0 atom stereocenters. The average molecular weight is 430 g/mol. The second-order valence-corrected chi connectivity index (χ2v) is 10.0. The van der Waals surface area contributed by atoms with E-state index < -0.39 is 10.0 Å². The number of carbonyl (C=O) groups excluding carboxylic acids is 1. The Morgan fingerprint density at radius 1 is 1.07 bits per heavy atom. The number of aryl methyl sites for hydroxylation is 2. The van der Waals surface area contributed by atoms with Crippen molar-refractivity contribution in [3.8, 4) is 0 Å². The maximum atomic E-state index is 12.6. The summed E-state index contributed by atoms with van der Waals surface area (Å²) in [5.74, 6) is -0.328. The first-order valence-electron chi connectivity index (χ1n) is 10.3. The molecule has 1 aliphatic rings.